The molecule has 1 fully saturated rings. The minimum Gasteiger partial charge on any atom is -0.383 e. The van der Waals surface area contributed by atoms with Crippen LogP contribution in [0.5, 0.6) is 0 Å². The van der Waals surface area contributed by atoms with E-state index in [4.69, 9.17) is 15.7 Å². The molecule has 1 aliphatic rings. The van der Waals surface area contributed by atoms with Crippen LogP contribution in [0.1, 0.15) is 24.6 Å². The summed E-state index contributed by atoms with van der Waals surface area (Å²) in [4.78, 5) is 25.7. The van der Waals surface area contributed by atoms with Crippen molar-refractivity contribution in [1.29, 1.82) is 0 Å². The molecule has 3 aromatic heterocycles. The Morgan fingerprint density at radius 2 is 1.71 bits per heavy atom. The molecule has 1 aliphatic carbocycles. The Bertz CT molecular complexity index is 1460. The number of pyridine rings is 1. The number of nitrogens with zero attached hydrogens (tertiary/aromatic N) is 4. The van der Waals surface area contributed by atoms with E-state index in [9.17, 15) is 4.79 Å². The van der Waals surface area contributed by atoms with Crippen LogP contribution in [0, 0.1) is 0 Å². The number of hydrogen-bond donors (Lipinski definition) is 1. The summed E-state index contributed by atoms with van der Waals surface area (Å²) in [6.07, 6.45) is 4.43. The van der Waals surface area contributed by atoms with E-state index in [1.807, 2.05) is 34.7 Å². The lowest BCUT2D eigenvalue weighted by Gasteiger charge is -2.23. The van der Waals surface area contributed by atoms with Gasteiger partial charge in [0.2, 0.25) is 0 Å². The number of nitrogens with two attached hydrogens (primary N) is 1. The van der Waals surface area contributed by atoms with E-state index in [2.05, 4.69) is 35.3 Å². The third kappa shape index (κ3) is 2.87. The Morgan fingerprint density at radius 1 is 0.903 bits per heavy atom. The molecule has 2 aromatic carbocycles. The summed E-state index contributed by atoms with van der Waals surface area (Å²) in [6, 6.07) is 20.4. The van der Waals surface area contributed by atoms with E-state index in [0.717, 1.165) is 44.8 Å². The Hall–Kier alpha value is -4.06. The van der Waals surface area contributed by atoms with Gasteiger partial charge in [-0.3, -0.25) is 14.2 Å². The zero-order valence-electron chi connectivity index (χ0n) is 16.7. The van der Waals surface area contributed by atoms with Crippen LogP contribution < -0.4 is 5.73 Å². The average Bonchev–Trinajstić information content (AvgIpc) is 3.17. The van der Waals surface area contributed by atoms with Gasteiger partial charge in [-0.05, 0) is 12.1 Å². The highest BCUT2D eigenvalue weighted by atomic mass is 16.1. The van der Waals surface area contributed by atoms with E-state index in [1.54, 1.807) is 12.4 Å². The van der Waals surface area contributed by atoms with Crippen LogP contribution in [0.4, 0.5) is 5.82 Å². The number of fused-ring (bicyclic) bond motifs is 2. The minimum atomic E-state index is 0.0988. The fourth-order valence-corrected chi connectivity index (χ4v) is 4.28. The molecule has 6 heteroatoms. The predicted octanol–water partition coefficient (Wildman–Crippen LogP) is 4.64. The number of Topliss-reactive ketones (excluding diaryl/α,β-unsaturated/α-hetero) is 1. The second-order valence-electron chi connectivity index (χ2n) is 7.99. The van der Waals surface area contributed by atoms with E-state index >= 15 is 0 Å². The predicted molar refractivity (Wildman–Crippen MR) is 121 cm³/mol. The second-order valence-corrected chi connectivity index (χ2v) is 7.99. The van der Waals surface area contributed by atoms with Crippen LogP contribution in [0.25, 0.3) is 38.9 Å². The second kappa shape index (κ2) is 6.74. The van der Waals surface area contributed by atoms with Crippen molar-refractivity contribution in [3.63, 3.8) is 0 Å². The summed E-state index contributed by atoms with van der Waals surface area (Å²) in [5, 5.41) is 1.06. The first kappa shape index (κ1) is 17.8. The van der Waals surface area contributed by atoms with Gasteiger partial charge < -0.3 is 5.73 Å². The number of rotatable bonds is 3. The Kier molecular flexibility index (Phi) is 3.86. The Balaban J connectivity index is 1.52. The summed E-state index contributed by atoms with van der Waals surface area (Å²) in [5.74, 6) is 1.72. The number of nitrogen functional groups attached to an aromatic ring is 1. The quantitative estimate of drug-likeness (QED) is 0.473. The lowest BCUT2D eigenvalue weighted by atomic mass is 9.83. The molecule has 1 saturated carbocycles. The molecule has 0 bridgehead atoms. The van der Waals surface area contributed by atoms with Crippen molar-refractivity contribution >= 4 is 28.0 Å². The number of carbonyl (C=O) groups is 1. The molecule has 0 unspecified atom stereocenters. The third-order valence-electron chi connectivity index (χ3n) is 5.95. The van der Waals surface area contributed by atoms with E-state index in [1.165, 1.54) is 0 Å². The van der Waals surface area contributed by atoms with Gasteiger partial charge in [-0.2, -0.15) is 0 Å². The Labute approximate surface area is 178 Å². The molecule has 0 radical (unpaired) electrons. The fraction of sp³-hybridized carbons (Fsp3) is 0.120. The van der Waals surface area contributed by atoms with Gasteiger partial charge in [0.1, 0.15) is 17.4 Å². The monoisotopic (exact) mass is 405 g/mol. The molecule has 6 nitrogen and oxygen atoms in total. The van der Waals surface area contributed by atoms with Gasteiger partial charge in [0.25, 0.3) is 0 Å². The van der Waals surface area contributed by atoms with Gasteiger partial charge in [0, 0.05) is 35.3 Å². The SMILES string of the molecule is Nc1cncc2c(-c3ccc4ccc(-c5ccccc5)nc4c3)nc(C3CC(=O)C3)n12. The molecule has 31 heavy (non-hydrogen) atoms. The molecule has 0 atom stereocenters. The summed E-state index contributed by atoms with van der Waals surface area (Å²) in [5.41, 5.74) is 11.7. The molecule has 3 heterocycles. The van der Waals surface area contributed by atoms with Crippen molar-refractivity contribution < 1.29 is 4.79 Å². The number of benzene rings is 2. The normalized spacial score (nSPS) is 14.3. The maximum absolute atomic E-state index is 11.6. The van der Waals surface area contributed by atoms with E-state index in [0.29, 0.717) is 18.7 Å². The standard InChI is InChI=1S/C25H19N5O/c26-23-14-27-13-22-24(29-25(30(22)23)18-10-19(31)11-18)17-7-6-16-8-9-20(28-21(16)12-17)15-4-2-1-3-5-15/h1-9,12-14,18H,10-11,26H2. The van der Waals surface area contributed by atoms with Crippen molar-refractivity contribution in [3.8, 4) is 22.5 Å². The van der Waals surface area contributed by atoms with Crippen molar-refractivity contribution in [1.82, 2.24) is 19.4 Å². The number of hydrogen-bond acceptors (Lipinski definition) is 5. The largest absolute Gasteiger partial charge is 0.383 e. The first-order valence-corrected chi connectivity index (χ1v) is 10.3. The van der Waals surface area contributed by atoms with Gasteiger partial charge in [0.15, 0.2) is 0 Å². The molecule has 6 rings (SSSR count). The number of imidazole rings is 1. The molecule has 150 valence electrons. The van der Waals surface area contributed by atoms with Crippen molar-refractivity contribution in [3.05, 3.63) is 78.9 Å². The maximum Gasteiger partial charge on any atom is 0.134 e. The maximum atomic E-state index is 11.6. The van der Waals surface area contributed by atoms with Crippen molar-refractivity contribution in [2.75, 3.05) is 5.73 Å². The zero-order valence-corrected chi connectivity index (χ0v) is 16.7. The zero-order chi connectivity index (χ0) is 20.9. The molecule has 2 N–H and O–H groups in total. The van der Waals surface area contributed by atoms with Gasteiger partial charge in [-0.1, -0.05) is 48.5 Å². The lowest BCUT2D eigenvalue weighted by Crippen LogP contribution is -2.23. The van der Waals surface area contributed by atoms with Crippen LogP contribution in [-0.4, -0.2) is 25.1 Å². The topological polar surface area (TPSA) is 86.2 Å². The molecule has 0 spiro atoms. The van der Waals surface area contributed by atoms with Crippen LogP contribution in [-0.2, 0) is 4.79 Å². The van der Waals surface area contributed by atoms with Crippen molar-refractivity contribution in [2.24, 2.45) is 0 Å². The van der Waals surface area contributed by atoms with Crippen molar-refractivity contribution in [2.45, 2.75) is 18.8 Å². The molecule has 0 aliphatic heterocycles. The van der Waals surface area contributed by atoms with Crippen LogP contribution >= 0.6 is 0 Å². The van der Waals surface area contributed by atoms with Gasteiger partial charge >= 0.3 is 0 Å². The van der Waals surface area contributed by atoms with Gasteiger partial charge in [-0.25, -0.2) is 9.97 Å². The minimum absolute atomic E-state index is 0.0988. The molecule has 0 saturated heterocycles. The number of ketones is 1. The molecule has 5 aromatic rings. The van der Waals surface area contributed by atoms with Crippen LogP contribution in [0.15, 0.2) is 73.1 Å². The Morgan fingerprint density at radius 3 is 2.52 bits per heavy atom. The first-order chi connectivity index (χ1) is 15.2. The highest BCUT2D eigenvalue weighted by molar-refractivity contribution is 5.90. The van der Waals surface area contributed by atoms with Crippen LogP contribution in [0.3, 0.4) is 0 Å². The van der Waals surface area contributed by atoms with E-state index < -0.39 is 0 Å². The lowest BCUT2D eigenvalue weighted by molar-refractivity contribution is -0.124. The highest BCUT2D eigenvalue weighted by Crippen LogP contribution is 2.37. The third-order valence-corrected chi connectivity index (χ3v) is 5.95. The van der Waals surface area contributed by atoms with Gasteiger partial charge in [-0.15, -0.1) is 0 Å². The number of anilines is 1. The van der Waals surface area contributed by atoms with Crippen LogP contribution in [0.2, 0.25) is 0 Å². The fourth-order valence-electron chi connectivity index (χ4n) is 4.28. The molecule has 0 amide bonds. The molecular weight excluding hydrogens is 386 g/mol. The average molecular weight is 405 g/mol. The van der Waals surface area contributed by atoms with E-state index in [-0.39, 0.29) is 11.7 Å². The smallest absolute Gasteiger partial charge is 0.134 e. The molecular formula is C25H19N5O. The summed E-state index contributed by atoms with van der Waals surface area (Å²) in [6.45, 7) is 0. The summed E-state index contributed by atoms with van der Waals surface area (Å²) in [7, 11) is 0. The first-order valence-electron chi connectivity index (χ1n) is 10.3. The summed E-state index contributed by atoms with van der Waals surface area (Å²) < 4.78 is 1.93. The number of aromatic nitrogens is 4. The number of carbonyl (C=O) groups excluding carboxylic acids is 1. The summed E-state index contributed by atoms with van der Waals surface area (Å²) >= 11 is 0. The van der Waals surface area contributed by atoms with Gasteiger partial charge in [0.05, 0.1) is 34.8 Å². The highest BCUT2D eigenvalue weighted by Gasteiger charge is 2.33.